The zero-order valence-electron chi connectivity index (χ0n) is 14.3. The number of aromatic nitrogens is 4. The summed E-state index contributed by atoms with van der Waals surface area (Å²) < 4.78 is 15.1. The zero-order chi connectivity index (χ0) is 17.9. The van der Waals surface area contributed by atoms with Gasteiger partial charge in [0.15, 0.2) is 0 Å². The van der Waals surface area contributed by atoms with Crippen LogP contribution in [0, 0.1) is 5.82 Å². The van der Waals surface area contributed by atoms with Gasteiger partial charge in [-0.3, -0.25) is 9.69 Å². The van der Waals surface area contributed by atoms with E-state index in [1.165, 1.54) is 29.2 Å². The molecule has 1 aliphatic rings. The van der Waals surface area contributed by atoms with Gasteiger partial charge in [-0.15, -0.1) is 0 Å². The van der Waals surface area contributed by atoms with Crippen molar-refractivity contribution in [3.05, 3.63) is 59.0 Å². The summed E-state index contributed by atoms with van der Waals surface area (Å²) in [5.74, 6) is 0.489. The number of nitrogens with zero attached hydrogens (tertiary/aromatic N) is 6. The van der Waals surface area contributed by atoms with Crippen molar-refractivity contribution < 1.29 is 4.39 Å². The smallest absolute Gasteiger partial charge is 0.266 e. The molecule has 0 radical (unpaired) electrons. The molecule has 1 aromatic carbocycles. The molecule has 0 unspecified atom stereocenters. The number of piperazine rings is 1. The van der Waals surface area contributed by atoms with E-state index in [1.54, 1.807) is 18.3 Å². The van der Waals surface area contributed by atoms with Crippen LogP contribution in [-0.4, -0.2) is 57.4 Å². The summed E-state index contributed by atoms with van der Waals surface area (Å²) in [6.07, 6.45) is 3.15. The predicted molar refractivity (Wildman–Crippen MR) is 96.6 cm³/mol. The minimum Gasteiger partial charge on any atom is -0.353 e. The molecule has 134 valence electrons. The van der Waals surface area contributed by atoms with Crippen LogP contribution in [-0.2, 0) is 6.54 Å². The van der Waals surface area contributed by atoms with E-state index in [4.69, 9.17) is 0 Å². The summed E-state index contributed by atoms with van der Waals surface area (Å²) in [7, 11) is 0. The van der Waals surface area contributed by atoms with Crippen molar-refractivity contribution in [3.8, 4) is 0 Å². The first kappa shape index (κ1) is 16.6. The Kier molecular flexibility index (Phi) is 4.57. The van der Waals surface area contributed by atoms with E-state index in [0.29, 0.717) is 6.54 Å². The Morgan fingerprint density at radius 1 is 1.04 bits per heavy atom. The van der Waals surface area contributed by atoms with Crippen molar-refractivity contribution in [3.63, 3.8) is 0 Å². The molecule has 0 bridgehead atoms. The number of benzene rings is 1. The molecule has 0 spiro atoms. The monoisotopic (exact) mass is 354 g/mol. The van der Waals surface area contributed by atoms with Crippen LogP contribution < -0.4 is 10.5 Å². The summed E-state index contributed by atoms with van der Waals surface area (Å²) in [5, 5.41) is 4.82. The highest BCUT2D eigenvalue weighted by atomic mass is 19.1. The van der Waals surface area contributed by atoms with E-state index in [2.05, 4.69) is 24.9 Å². The number of halogens is 1. The number of fused-ring (bicyclic) bond motifs is 1. The number of hydrogen-bond acceptors (Lipinski definition) is 6. The van der Waals surface area contributed by atoms with Gasteiger partial charge in [-0.2, -0.15) is 5.10 Å². The van der Waals surface area contributed by atoms with Crippen LogP contribution in [0.4, 0.5) is 10.2 Å². The molecule has 0 saturated carbocycles. The second-order valence-corrected chi connectivity index (χ2v) is 6.27. The Hall–Kier alpha value is -2.87. The number of rotatable bonds is 4. The van der Waals surface area contributed by atoms with Gasteiger partial charge in [0.05, 0.1) is 12.1 Å². The predicted octanol–water partition coefficient (Wildman–Crippen LogP) is 1.15. The molecule has 3 heterocycles. The normalized spacial score (nSPS) is 15.5. The molecule has 1 saturated heterocycles. The maximum Gasteiger partial charge on any atom is 0.266 e. The SMILES string of the molecule is O=c1cccnn1CCN1CCN(c2ncnc3ccc(F)cc23)CC1. The Morgan fingerprint density at radius 3 is 2.69 bits per heavy atom. The second kappa shape index (κ2) is 7.17. The van der Waals surface area contributed by atoms with Crippen LogP contribution in [0.1, 0.15) is 0 Å². The first-order valence-corrected chi connectivity index (χ1v) is 8.60. The molecule has 0 atom stereocenters. The lowest BCUT2D eigenvalue weighted by molar-refractivity contribution is 0.242. The van der Waals surface area contributed by atoms with Crippen molar-refractivity contribution in [1.29, 1.82) is 0 Å². The van der Waals surface area contributed by atoms with Gasteiger partial charge in [0.1, 0.15) is 18.0 Å². The Morgan fingerprint density at radius 2 is 1.88 bits per heavy atom. The van der Waals surface area contributed by atoms with Crippen LogP contribution in [0.3, 0.4) is 0 Å². The van der Waals surface area contributed by atoms with Crippen LogP contribution in [0.15, 0.2) is 47.7 Å². The highest BCUT2D eigenvalue weighted by molar-refractivity contribution is 5.89. The van der Waals surface area contributed by atoms with Crippen molar-refractivity contribution in [2.24, 2.45) is 0 Å². The van der Waals surface area contributed by atoms with Crippen LogP contribution in [0.25, 0.3) is 10.9 Å². The summed E-state index contributed by atoms with van der Waals surface area (Å²) >= 11 is 0. The highest BCUT2D eigenvalue weighted by Crippen LogP contribution is 2.24. The first-order valence-electron chi connectivity index (χ1n) is 8.60. The molecular weight excluding hydrogens is 335 g/mol. The van der Waals surface area contributed by atoms with E-state index in [1.807, 2.05) is 0 Å². The summed E-state index contributed by atoms with van der Waals surface area (Å²) in [6, 6.07) is 7.74. The topological polar surface area (TPSA) is 67.2 Å². The second-order valence-electron chi connectivity index (χ2n) is 6.27. The molecule has 1 aliphatic heterocycles. The van der Waals surface area contributed by atoms with Crippen molar-refractivity contribution in [2.45, 2.75) is 6.54 Å². The van der Waals surface area contributed by atoms with Crippen LogP contribution in [0.2, 0.25) is 0 Å². The molecule has 0 aliphatic carbocycles. The molecule has 0 amide bonds. The molecular formula is C18H19FN6O. The highest BCUT2D eigenvalue weighted by Gasteiger charge is 2.20. The third-order valence-electron chi connectivity index (χ3n) is 4.66. The Labute approximate surface area is 149 Å². The van der Waals surface area contributed by atoms with Gasteiger partial charge < -0.3 is 4.90 Å². The Bertz CT molecular complexity index is 967. The molecule has 26 heavy (non-hydrogen) atoms. The molecule has 1 fully saturated rings. The van der Waals surface area contributed by atoms with Gasteiger partial charge in [-0.05, 0) is 24.3 Å². The van der Waals surface area contributed by atoms with Gasteiger partial charge in [-0.1, -0.05) is 0 Å². The lowest BCUT2D eigenvalue weighted by Gasteiger charge is -2.35. The van der Waals surface area contributed by atoms with Crippen molar-refractivity contribution >= 4 is 16.7 Å². The average molecular weight is 354 g/mol. The zero-order valence-corrected chi connectivity index (χ0v) is 14.3. The minimum absolute atomic E-state index is 0.0828. The lowest BCUT2D eigenvalue weighted by Crippen LogP contribution is -2.48. The van der Waals surface area contributed by atoms with Crippen molar-refractivity contribution in [1.82, 2.24) is 24.6 Å². The number of hydrogen-bond donors (Lipinski definition) is 0. The average Bonchev–Trinajstić information content (AvgIpc) is 2.67. The quantitative estimate of drug-likeness (QED) is 0.700. The standard InChI is InChI=1S/C18H19FN6O/c19-14-3-4-16-15(12-14)18(21-13-20-16)24-9-6-23(7-10-24)8-11-25-17(26)2-1-5-22-25/h1-5,12-13H,6-11H2. The van der Waals surface area contributed by atoms with Crippen LogP contribution >= 0.6 is 0 Å². The third-order valence-corrected chi connectivity index (χ3v) is 4.66. The van der Waals surface area contributed by atoms with Gasteiger partial charge >= 0.3 is 0 Å². The van der Waals surface area contributed by atoms with Gasteiger partial charge in [0.25, 0.3) is 5.56 Å². The van der Waals surface area contributed by atoms with E-state index in [0.717, 1.165) is 49.4 Å². The first-order chi connectivity index (χ1) is 12.7. The van der Waals surface area contributed by atoms with E-state index in [-0.39, 0.29) is 11.4 Å². The lowest BCUT2D eigenvalue weighted by atomic mass is 10.2. The Balaban J connectivity index is 1.42. The molecule has 3 aromatic rings. The summed E-state index contributed by atoms with van der Waals surface area (Å²) in [5.41, 5.74) is 0.661. The van der Waals surface area contributed by atoms with E-state index >= 15 is 0 Å². The summed E-state index contributed by atoms with van der Waals surface area (Å²) in [6.45, 7) is 4.62. The van der Waals surface area contributed by atoms with Gasteiger partial charge in [0, 0.05) is 50.4 Å². The third kappa shape index (κ3) is 3.41. The van der Waals surface area contributed by atoms with Gasteiger partial charge in [-0.25, -0.2) is 19.0 Å². The van der Waals surface area contributed by atoms with Crippen molar-refractivity contribution in [2.75, 3.05) is 37.6 Å². The fourth-order valence-electron chi connectivity index (χ4n) is 3.24. The molecule has 0 N–H and O–H groups in total. The maximum absolute atomic E-state index is 13.6. The fourth-order valence-corrected chi connectivity index (χ4v) is 3.24. The molecule has 2 aromatic heterocycles. The van der Waals surface area contributed by atoms with Crippen LogP contribution in [0.5, 0.6) is 0 Å². The van der Waals surface area contributed by atoms with E-state index in [9.17, 15) is 9.18 Å². The largest absolute Gasteiger partial charge is 0.353 e. The van der Waals surface area contributed by atoms with E-state index < -0.39 is 0 Å². The number of anilines is 1. The molecule has 7 nitrogen and oxygen atoms in total. The van der Waals surface area contributed by atoms with Gasteiger partial charge in [0.2, 0.25) is 0 Å². The molecule has 8 heteroatoms. The fraction of sp³-hybridized carbons (Fsp3) is 0.333. The molecule has 4 rings (SSSR count). The minimum atomic E-state index is -0.284. The summed E-state index contributed by atoms with van der Waals surface area (Å²) in [4.78, 5) is 24.7. The maximum atomic E-state index is 13.6.